The van der Waals surface area contributed by atoms with Crippen molar-refractivity contribution in [1.29, 1.82) is 0 Å². The Kier molecular flexibility index (Phi) is 1.60. The quantitative estimate of drug-likeness (QED) is 0.509. The zero-order valence-electron chi connectivity index (χ0n) is 4.55. The Bertz CT molecular complexity index is 57.1. The average molecular weight is 117 g/mol. The molecule has 1 aliphatic heterocycles. The minimum absolute atomic E-state index is 0.486. The van der Waals surface area contributed by atoms with Crippen molar-refractivity contribution in [1.82, 2.24) is 0 Å². The van der Waals surface area contributed by atoms with Gasteiger partial charge in [0, 0.05) is 17.0 Å². The van der Waals surface area contributed by atoms with Crippen LogP contribution in [0.1, 0.15) is 13.3 Å². The third-order valence-corrected chi connectivity index (χ3v) is 2.61. The molecule has 0 spiro atoms. The molecule has 2 heteroatoms. The van der Waals surface area contributed by atoms with Crippen molar-refractivity contribution in [2.24, 2.45) is 5.73 Å². The summed E-state index contributed by atoms with van der Waals surface area (Å²) < 4.78 is 0. The Morgan fingerprint density at radius 1 is 1.71 bits per heavy atom. The molecule has 7 heavy (non-hydrogen) atoms. The van der Waals surface area contributed by atoms with Crippen LogP contribution in [0.25, 0.3) is 0 Å². The molecule has 0 aromatic carbocycles. The number of hydrogen-bond acceptors (Lipinski definition) is 2. The predicted octanol–water partition coefficient (Wildman–Crippen LogP) is 0.839. The second-order valence-electron chi connectivity index (χ2n) is 2.14. The van der Waals surface area contributed by atoms with E-state index < -0.39 is 0 Å². The summed E-state index contributed by atoms with van der Waals surface area (Å²) in [7, 11) is 0. The summed E-state index contributed by atoms with van der Waals surface area (Å²) in [6, 6.07) is 0.486. The molecule has 0 amide bonds. The lowest BCUT2D eigenvalue weighted by Crippen LogP contribution is -2.18. The number of rotatable bonds is 0. The fourth-order valence-electron chi connectivity index (χ4n) is 0.850. The standard InChI is InChI=1S/C5H11NS/c1-4-2-5(6)3-7-4/h4-5H,2-3,6H2,1H3/t4-,5-/m0/s1. The van der Waals surface area contributed by atoms with E-state index in [-0.39, 0.29) is 0 Å². The summed E-state index contributed by atoms with van der Waals surface area (Å²) in [4.78, 5) is 0. The fourth-order valence-corrected chi connectivity index (χ4v) is 1.95. The van der Waals surface area contributed by atoms with Crippen LogP contribution in [-0.4, -0.2) is 17.0 Å². The van der Waals surface area contributed by atoms with Gasteiger partial charge in [0.25, 0.3) is 0 Å². The molecule has 2 atom stereocenters. The molecule has 1 saturated heterocycles. The molecule has 2 N–H and O–H groups in total. The molecule has 0 aromatic heterocycles. The van der Waals surface area contributed by atoms with Crippen molar-refractivity contribution in [3.63, 3.8) is 0 Å². The minimum atomic E-state index is 0.486. The first-order valence-electron chi connectivity index (χ1n) is 2.66. The molecular weight excluding hydrogens is 106 g/mol. The van der Waals surface area contributed by atoms with Crippen LogP contribution in [0.2, 0.25) is 0 Å². The van der Waals surface area contributed by atoms with E-state index in [0.29, 0.717) is 6.04 Å². The Morgan fingerprint density at radius 3 is 2.57 bits per heavy atom. The maximum absolute atomic E-state index is 5.60. The van der Waals surface area contributed by atoms with Crippen molar-refractivity contribution in [3.05, 3.63) is 0 Å². The van der Waals surface area contributed by atoms with Gasteiger partial charge in [-0.1, -0.05) is 6.92 Å². The minimum Gasteiger partial charge on any atom is -0.327 e. The zero-order valence-corrected chi connectivity index (χ0v) is 5.37. The Labute approximate surface area is 48.7 Å². The molecule has 1 heterocycles. The second-order valence-corrected chi connectivity index (χ2v) is 3.61. The number of thioether (sulfide) groups is 1. The van der Waals surface area contributed by atoms with E-state index >= 15 is 0 Å². The largest absolute Gasteiger partial charge is 0.327 e. The van der Waals surface area contributed by atoms with Gasteiger partial charge in [-0.05, 0) is 6.42 Å². The number of nitrogens with two attached hydrogens (primary N) is 1. The van der Waals surface area contributed by atoms with Gasteiger partial charge in [0.15, 0.2) is 0 Å². The molecule has 1 aliphatic rings. The van der Waals surface area contributed by atoms with Gasteiger partial charge < -0.3 is 5.73 Å². The first kappa shape index (κ1) is 5.45. The van der Waals surface area contributed by atoms with Crippen LogP contribution in [0.5, 0.6) is 0 Å². The van der Waals surface area contributed by atoms with Crippen molar-refractivity contribution in [3.8, 4) is 0 Å². The molecule has 0 radical (unpaired) electrons. The summed E-state index contributed by atoms with van der Waals surface area (Å²) in [6.45, 7) is 2.23. The molecule has 0 saturated carbocycles. The van der Waals surface area contributed by atoms with Crippen molar-refractivity contribution < 1.29 is 0 Å². The first-order chi connectivity index (χ1) is 3.29. The zero-order chi connectivity index (χ0) is 5.28. The molecule has 42 valence electrons. The van der Waals surface area contributed by atoms with E-state index in [1.54, 1.807) is 0 Å². The lowest BCUT2D eigenvalue weighted by atomic mass is 10.2. The van der Waals surface area contributed by atoms with Gasteiger partial charge >= 0.3 is 0 Å². The van der Waals surface area contributed by atoms with Crippen LogP contribution >= 0.6 is 11.8 Å². The molecule has 0 aliphatic carbocycles. The highest BCUT2D eigenvalue weighted by Gasteiger charge is 2.16. The van der Waals surface area contributed by atoms with Crippen LogP contribution in [0.15, 0.2) is 0 Å². The first-order valence-corrected chi connectivity index (χ1v) is 3.71. The smallest absolute Gasteiger partial charge is 0.0140 e. The Morgan fingerprint density at radius 2 is 2.43 bits per heavy atom. The van der Waals surface area contributed by atoms with E-state index in [1.165, 1.54) is 12.2 Å². The summed E-state index contributed by atoms with van der Waals surface area (Å²) in [5.74, 6) is 1.17. The lowest BCUT2D eigenvalue weighted by Gasteiger charge is -1.95. The molecule has 0 aromatic rings. The maximum Gasteiger partial charge on any atom is 0.0140 e. The van der Waals surface area contributed by atoms with Crippen molar-refractivity contribution >= 4 is 11.8 Å². The van der Waals surface area contributed by atoms with Gasteiger partial charge in [-0.25, -0.2) is 0 Å². The lowest BCUT2D eigenvalue weighted by molar-refractivity contribution is 0.705. The van der Waals surface area contributed by atoms with Gasteiger partial charge in [0.2, 0.25) is 0 Å². The third kappa shape index (κ3) is 1.35. The van der Waals surface area contributed by atoms with E-state index in [4.69, 9.17) is 5.73 Å². The maximum atomic E-state index is 5.60. The normalized spacial score (nSPS) is 42.0. The molecule has 1 rings (SSSR count). The summed E-state index contributed by atoms with van der Waals surface area (Å²) in [5, 5.41) is 0.815. The highest BCUT2D eigenvalue weighted by Crippen LogP contribution is 2.23. The van der Waals surface area contributed by atoms with Gasteiger partial charge in [0.05, 0.1) is 0 Å². The van der Waals surface area contributed by atoms with Crippen LogP contribution < -0.4 is 5.73 Å². The SMILES string of the molecule is C[C@H]1C[C@H](N)CS1. The monoisotopic (exact) mass is 117 g/mol. The van der Waals surface area contributed by atoms with Gasteiger partial charge in [-0.2, -0.15) is 11.8 Å². The summed E-state index contributed by atoms with van der Waals surface area (Å²) in [6.07, 6.45) is 1.21. The fraction of sp³-hybridized carbons (Fsp3) is 1.00. The Hall–Kier alpha value is 0.310. The van der Waals surface area contributed by atoms with E-state index in [9.17, 15) is 0 Å². The number of hydrogen-bond donors (Lipinski definition) is 1. The van der Waals surface area contributed by atoms with E-state index in [0.717, 1.165) is 5.25 Å². The summed E-state index contributed by atoms with van der Waals surface area (Å²) in [5.41, 5.74) is 5.60. The second kappa shape index (κ2) is 2.05. The summed E-state index contributed by atoms with van der Waals surface area (Å²) >= 11 is 1.98. The Balaban J connectivity index is 2.26. The van der Waals surface area contributed by atoms with Crippen LogP contribution in [0.3, 0.4) is 0 Å². The van der Waals surface area contributed by atoms with Gasteiger partial charge in [-0.15, -0.1) is 0 Å². The van der Waals surface area contributed by atoms with Gasteiger partial charge in [-0.3, -0.25) is 0 Å². The predicted molar refractivity (Wildman–Crippen MR) is 34.5 cm³/mol. The highest BCUT2D eigenvalue weighted by atomic mass is 32.2. The highest BCUT2D eigenvalue weighted by molar-refractivity contribution is 8.00. The topological polar surface area (TPSA) is 26.0 Å². The molecular formula is C5H11NS. The van der Waals surface area contributed by atoms with Gasteiger partial charge in [0.1, 0.15) is 0 Å². The third-order valence-electron chi connectivity index (χ3n) is 1.23. The molecule has 1 nitrogen and oxygen atoms in total. The molecule has 0 unspecified atom stereocenters. The van der Waals surface area contributed by atoms with Crippen LogP contribution in [-0.2, 0) is 0 Å². The van der Waals surface area contributed by atoms with Crippen molar-refractivity contribution in [2.75, 3.05) is 5.75 Å². The van der Waals surface area contributed by atoms with E-state index in [1.807, 2.05) is 11.8 Å². The van der Waals surface area contributed by atoms with Crippen molar-refractivity contribution in [2.45, 2.75) is 24.6 Å². The van der Waals surface area contributed by atoms with Crippen LogP contribution in [0, 0.1) is 0 Å². The molecule has 0 bridgehead atoms. The van der Waals surface area contributed by atoms with E-state index in [2.05, 4.69) is 6.92 Å². The average Bonchev–Trinajstić information content (AvgIpc) is 1.87. The van der Waals surface area contributed by atoms with Crippen LogP contribution in [0.4, 0.5) is 0 Å². The molecule has 1 fully saturated rings.